The summed E-state index contributed by atoms with van der Waals surface area (Å²) in [6.45, 7) is 0. The molecule has 1 aromatic heterocycles. The molecule has 0 unspecified atom stereocenters. The molecule has 1 aromatic carbocycles. The van der Waals surface area contributed by atoms with Gasteiger partial charge >= 0.3 is 12.0 Å². The average Bonchev–Trinajstić information content (AvgIpc) is 2.35. The number of alkyl halides is 3. The fourth-order valence-electron chi connectivity index (χ4n) is 1.35. The van der Waals surface area contributed by atoms with E-state index in [1.165, 1.54) is 0 Å². The highest BCUT2D eigenvalue weighted by molar-refractivity contribution is 6.33. The molecular formula is C10H7ClF3N5O. The van der Waals surface area contributed by atoms with Gasteiger partial charge in [0.25, 0.3) is 0 Å². The lowest BCUT2D eigenvalue weighted by molar-refractivity contribution is -0.151. The van der Waals surface area contributed by atoms with Crippen LogP contribution in [-0.2, 0) is 0 Å². The summed E-state index contributed by atoms with van der Waals surface area (Å²) in [5.41, 5.74) is 2.20. The molecule has 0 fully saturated rings. The fourth-order valence-corrected chi connectivity index (χ4v) is 1.57. The number of aromatic nitrogens is 3. The summed E-state index contributed by atoms with van der Waals surface area (Å²) in [6, 6.07) is 6.41. The number of benzene rings is 1. The zero-order valence-electron chi connectivity index (χ0n) is 9.62. The number of aromatic amines is 1. The van der Waals surface area contributed by atoms with E-state index >= 15 is 0 Å². The second kappa shape index (κ2) is 5.47. The lowest BCUT2D eigenvalue weighted by atomic mass is 10.2. The van der Waals surface area contributed by atoms with Crippen molar-refractivity contribution >= 4 is 17.5 Å². The molecule has 1 heterocycles. The normalized spacial score (nSPS) is 11.4. The van der Waals surface area contributed by atoms with E-state index in [0.717, 1.165) is 5.43 Å². The van der Waals surface area contributed by atoms with Crippen molar-refractivity contribution in [1.29, 1.82) is 0 Å². The first-order valence-corrected chi connectivity index (χ1v) is 5.56. The SMILES string of the molecule is O=c1nc(NNC(F)(F)F)nc(-c2ccccc2Cl)[nH]1. The lowest BCUT2D eigenvalue weighted by Gasteiger charge is -2.10. The van der Waals surface area contributed by atoms with Gasteiger partial charge in [0, 0.05) is 5.56 Å². The van der Waals surface area contributed by atoms with Crippen LogP contribution in [-0.4, -0.2) is 21.3 Å². The van der Waals surface area contributed by atoms with Gasteiger partial charge in [-0.15, -0.1) is 5.43 Å². The van der Waals surface area contributed by atoms with Gasteiger partial charge in [-0.25, -0.2) is 4.79 Å². The number of hydrazine groups is 1. The highest BCUT2D eigenvalue weighted by Crippen LogP contribution is 2.23. The topological polar surface area (TPSA) is 82.7 Å². The molecular weight excluding hydrogens is 299 g/mol. The molecule has 2 rings (SSSR count). The predicted octanol–water partition coefficient (Wildman–Crippen LogP) is 1.92. The molecule has 106 valence electrons. The van der Waals surface area contributed by atoms with Gasteiger partial charge in [-0.3, -0.25) is 10.4 Å². The van der Waals surface area contributed by atoms with E-state index in [0.29, 0.717) is 5.56 Å². The van der Waals surface area contributed by atoms with E-state index in [2.05, 4.69) is 15.0 Å². The third-order valence-corrected chi connectivity index (χ3v) is 2.43. The summed E-state index contributed by atoms with van der Waals surface area (Å²) in [7, 11) is 0. The van der Waals surface area contributed by atoms with Gasteiger partial charge in [0.1, 0.15) is 5.82 Å². The first-order chi connectivity index (χ1) is 9.35. The van der Waals surface area contributed by atoms with Gasteiger partial charge in [-0.05, 0) is 12.1 Å². The summed E-state index contributed by atoms with van der Waals surface area (Å²) < 4.78 is 36.0. The molecule has 0 atom stereocenters. The smallest absolute Gasteiger partial charge is 0.290 e. The Balaban J connectivity index is 2.35. The zero-order chi connectivity index (χ0) is 14.8. The monoisotopic (exact) mass is 305 g/mol. The lowest BCUT2D eigenvalue weighted by Crippen LogP contribution is -2.37. The summed E-state index contributed by atoms with van der Waals surface area (Å²) in [6.07, 6.45) is -4.68. The van der Waals surface area contributed by atoms with Crippen molar-refractivity contribution in [3.63, 3.8) is 0 Å². The number of nitrogens with zero attached hydrogens (tertiary/aromatic N) is 2. The number of anilines is 1. The number of nitrogens with one attached hydrogen (secondary N) is 3. The molecule has 6 nitrogen and oxygen atoms in total. The maximum atomic E-state index is 12.0. The molecule has 0 spiro atoms. The van der Waals surface area contributed by atoms with Crippen LogP contribution in [0.1, 0.15) is 0 Å². The summed E-state index contributed by atoms with van der Waals surface area (Å²) in [5.74, 6) is -0.525. The second-order valence-electron chi connectivity index (χ2n) is 3.55. The summed E-state index contributed by atoms with van der Waals surface area (Å²) >= 11 is 5.91. The average molecular weight is 306 g/mol. The van der Waals surface area contributed by atoms with Crippen LogP contribution in [0.15, 0.2) is 29.1 Å². The van der Waals surface area contributed by atoms with Crippen molar-refractivity contribution in [2.45, 2.75) is 6.30 Å². The zero-order valence-corrected chi connectivity index (χ0v) is 10.4. The van der Waals surface area contributed by atoms with Crippen molar-refractivity contribution in [3.05, 3.63) is 39.8 Å². The maximum Gasteiger partial charge on any atom is 0.474 e. The van der Waals surface area contributed by atoms with Crippen molar-refractivity contribution in [3.8, 4) is 11.4 Å². The minimum absolute atomic E-state index is 0.00192. The molecule has 0 aliphatic heterocycles. The molecule has 20 heavy (non-hydrogen) atoms. The van der Waals surface area contributed by atoms with Crippen LogP contribution in [0.25, 0.3) is 11.4 Å². The molecule has 2 aromatic rings. The Morgan fingerprint density at radius 1 is 1.20 bits per heavy atom. The summed E-state index contributed by atoms with van der Waals surface area (Å²) in [4.78, 5) is 20.6. The predicted molar refractivity (Wildman–Crippen MR) is 65.9 cm³/mol. The maximum absolute atomic E-state index is 12.0. The van der Waals surface area contributed by atoms with E-state index in [4.69, 9.17) is 11.6 Å². The molecule has 0 saturated heterocycles. The molecule has 0 saturated carbocycles. The largest absolute Gasteiger partial charge is 0.474 e. The van der Waals surface area contributed by atoms with Gasteiger partial charge < -0.3 is 0 Å². The first kappa shape index (κ1) is 14.3. The van der Waals surface area contributed by atoms with Crippen LogP contribution in [0, 0.1) is 0 Å². The number of hydrogen-bond acceptors (Lipinski definition) is 5. The Morgan fingerprint density at radius 3 is 2.55 bits per heavy atom. The molecule has 0 bridgehead atoms. The van der Waals surface area contributed by atoms with E-state index in [9.17, 15) is 18.0 Å². The Bertz CT molecular complexity index is 672. The van der Waals surface area contributed by atoms with Crippen LogP contribution in [0.2, 0.25) is 5.02 Å². The van der Waals surface area contributed by atoms with Crippen molar-refractivity contribution in [2.75, 3.05) is 5.43 Å². The van der Waals surface area contributed by atoms with Crippen LogP contribution in [0.4, 0.5) is 19.1 Å². The second-order valence-corrected chi connectivity index (χ2v) is 3.96. The Kier molecular flexibility index (Phi) is 3.91. The Morgan fingerprint density at radius 2 is 1.90 bits per heavy atom. The van der Waals surface area contributed by atoms with E-state index < -0.39 is 17.9 Å². The first-order valence-electron chi connectivity index (χ1n) is 5.18. The quantitative estimate of drug-likeness (QED) is 0.596. The molecule has 0 amide bonds. The third kappa shape index (κ3) is 3.68. The van der Waals surface area contributed by atoms with Crippen molar-refractivity contribution in [2.24, 2.45) is 0 Å². The van der Waals surface area contributed by atoms with Crippen molar-refractivity contribution in [1.82, 2.24) is 20.4 Å². The van der Waals surface area contributed by atoms with Crippen LogP contribution < -0.4 is 16.5 Å². The third-order valence-electron chi connectivity index (χ3n) is 2.10. The Hall–Kier alpha value is -2.13. The van der Waals surface area contributed by atoms with Gasteiger partial charge in [-0.1, -0.05) is 23.7 Å². The number of halogens is 4. The van der Waals surface area contributed by atoms with Gasteiger partial charge in [-0.2, -0.15) is 23.1 Å². The fraction of sp³-hybridized carbons (Fsp3) is 0.100. The highest BCUT2D eigenvalue weighted by atomic mass is 35.5. The van der Waals surface area contributed by atoms with E-state index in [1.54, 1.807) is 29.7 Å². The van der Waals surface area contributed by atoms with Crippen molar-refractivity contribution < 1.29 is 13.2 Å². The van der Waals surface area contributed by atoms with Gasteiger partial charge in [0.05, 0.1) is 5.02 Å². The van der Waals surface area contributed by atoms with Crippen LogP contribution in [0.5, 0.6) is 0 Å². The number of rotatable bonds is 3. The summed E-state index contributed by atoms with van der Waals surface area (Å²) in [5, 5.41) is 0.289. The minimum Gasteiger partial charge on any atom is -0.290 e. The van der Waals surface area contributed by atoms with Gasteiger partial charge in [0.2, 0.25) is 5.95 Å². The Labute approximate surface area is 115 Å². The van der Waals surface area contributed by atoms with Crippen LogP contribution in [0.3, 0.4) is 0 Å². The van der Waals surface area contributed by atoms with E-state index in [1.807, 2.05) is 0 Å². The molecule has 0 aliphatic carbocycles. The standard InChI is InChI=1S/C10H7ClF3N5O/c11-6-4-2-1-3-5(6)7-15-8(17-9(20)16-7)18-19-10(12,13)14/h1-4,19H,(H2,15,16,17,18,20). The van der Waals surface area contributed by atoms with Crippen LogP contribution >= 0.6 is 11.6 Å². The molecule has 3 N–H and O–H groups in total. The minimum atomic E-state index is -4.68. The van der Waals surface area contributed by atoms with Gasteiger partial charge in [0.15, 0.2) is 0 Å². The highest BCUT2D eigenvalue weighted by Gasteiger charge is 2.27. The molecule has 0 radical (unpaired) electrons. The number of H-pyrrole nitrogens is 1. The van der Waals surface area contributed by atoms with E-state index in [-0.39, 0.29) is 10.8 Å². The number of hydrogen-bond donors (Lipinski definition) is 3. The molecule has 10 heteroatoms. The molecule has 0 aliphatic rings.